The number of hydrogen-bond acceptors (Lipinski definition) is 4. The second kappa shape index (κ2) is 7.34. The normalized spacial score (nSPS) is 19.0. The van der Waals surface area contributed by atoms with Crippen LogP contribution < -0.4 is 5.32 Å². The number of ether oxygens (including phenoxy) is 1. The molecule has 1 aromatic rings. The van der Waals surface area contributed by atoms with Gasteiger partial charge in [0, 0.05) is 40.7 Å². The van der Waals surface area contributed by atoms with Gasteiger partial charge in [0.05, 0.1) is 5.92 Å². The highest BCUT2D eigenvalue weighted by Gasteiger charge is 2.33. The topological polar surface area (TPSA) is 75.7 Å². The van der Waals surface area contributed by atoms with Crippen LogP contribution in [0.25, 0.3) is 0 Å². The summed E-state index contributed by atoms with van der Waals surface area (Å²) in [5.41, 5.74) is 0.0663. The molecular weight excluding hydrogens is 328 g/mol. The molecule has 1 aliphatic rings. The first-order valence-electron chi connectivity index (χ1n) is 7.88. The molecule has 2 rings (SSSR count). The van der Waals surface area contributed by atoms with E-state index in [1.54, 1.807) is 35.4 Å². The van der Waals surface area contributed by atoms with Gasteiger partial charge in [-0.15, -0.1) is 0 Å². The van der Waals surface area contributed by atoms with Gasteiger partial charge in [-0.25, -0.2) is 4.79 Å². The van der Waals surface area contributed by atoms with Crippen molar-refractivity contribution in [2.75, 3.05) is 24.7 Å². The maximum absolute atomic E-state index is 12.4. The summed E-state index contributed by atoms with van der Waals surface area (Å²) < 4.78 is 16.8. The van der Waals surface area contributed by atoms with Crippen LogP contribution in [-0.2, 0) is 20.3 Å². The molecule has 1 saturated heterocycles. The molecule has 0 saturated carbocycles. The number of nitrogens with one attached hydrogen (secondary N) is 1. The second-order valence-electron chi connectivity index (χ2n) is 6.88. The van der Waals surface area contributed by atoms with E-state index >= 15 is 0 Å². The maximum atomic E-state index is 12.4. The number of anilines is 1. The van der Waals surface area contributed by atoms with Crippen molar-refractivity contribution in [3.05, 3.63) is 24.3 Å². The number of nitrogens with zero attached hydrogens (tertiary/aromatic N) is 1. The SMILES string of the molecule is CS(=O)c1cccc(NC(=O)C2CCN(C(=O)OC(C)(C)C)C2)c1. The first kappa shape index (κ1) is 18.4. The molecule has 0 aliphatic carbocycles. The van der Waals surface area contributed by atoms with Gasteiger partial charge in [0.1, 0.15) is 5.60 Å². The van der Waals surface area contributed by atoms with Crippen LogP contribution in [0.3, 0.4) is 0 Å². The molecule has 0 spiro atoms. The third kappa shape index (κ3) is 5.06. The Morgan fingerprint density at radius 1 is 1.33 bits per heavy atom. The largest absolute Gasteiger partial charge is 0.444 e. The number of benzene rings is 1. The van der Waals surface area contributed by atoms with Crippen LogP contribution in [0.15, 0.2) is 29.2 Å². The third-order valence-corrected chi connectivity index (χ3v) is 4.56. The average molecular weight is 352 g/mol. The minimum Gasteiger partial charge on any atom is -0.444 e. The molecule has 1 aromatic carbocycles. The van der Waals surface area contributed by atoms with Crippen LogP contribution in [0, 0.1) is 5.92 Å². The minimum atomic E-state index is -1.10. The van der Waals surface area contributed by atoms with Crippen LogP contribution >= 0.6 is 0 Å². The van der Waals surface area contributed by atoms with E-state index in [0.717, 1.165) is 0 Å². The smallest absolute Gasteiger partial charge is 0.410 e. The van der Waals surface area contributed by atoms with Crippen molar-refractivity contribution >= 4 is 28.5 Å². The minimum absolute atomic E-state index is 0.139. The van der Waals surface area contributed by atoms with Gasteiger partial charge in [-0.05, 0) is 45.4 Å². The number of carbonyl (C=O) groups is 2. The quantitative estimate of drug-likeness (QED) is 0.907. The first-order valence-corrected chi connectivity index (χ1v) is 9.44. The average Bonchev–Trinajstić information content (AvgIpc) is 2.95. The van der Waals surface area contributed by atoms with Crippen LogP contribution in [0.5, 0.6) is 0 Å². The lowest BCUT2D eigenvalue weighted by Crippen LogP contribution is -2.36. The number of carbonyl (C=O) groups excluding carboxylic acids is 2. The zero-order valence-electron chi connectivity index (χ0n) is 14.5. The molecule has 2 atom stereocenters. The molecule has 2 unspecified atom stereocenters. The molecule has 0 radical (unpaired) electrons. The van der Waals surface area contributed by atoms with Gasteiger partial charge in [-0.1, -0.05) is 6.07 Å². The summed E-state index contributed by atoms with van der Waals surface area (Å²) in [6.45, 7) is 6.30. The summed E-state index contributed by atoms with van der Waals surface area (Å²) in [5, 5.41) is 2.83. The van der Waals surface area contributed by atoms with Gasteiger partial charge in [-0.3, -0.25) is 9.00 Å². The van der Waals surface area contributed by atoms with Crippen molar-refractivity contribution < 1.29 is 18.5 Å². The van der Waals surface area contributed by atoms with E-state index in [0.29, 0.717) is 30.1 Å². The Morgan fingerprint density at radius 2 is 2.04 bits per heavy atom. The lowest BCUT2D eigenvalue weighted by molar-refractivity contribution is -0.119. The number of rotatable bonds is 3. The highest BCUT2D eigenvalue weighted by Crippen LogP contribution is 2.22. The van der Waals surface area contributed by atoms with E-state index in [2.05, 4.69) is 5.32 Å². The molecule has 6 nitrogen and oxygen atoms in total. The van der Waals surface area contributed by atoms with Gasteiger partial charge >= 0.3 is 6.09 Å². The van der Waals surface area contributed by atoms with Gasteiger partial charge < -0.3 is 15.0 Å². The molecule has 7 heteroatoms. The Morgan fingerprint density at radius 3 is 2.67 bits per heavy atom. The van der Waals surface area contributed by atoms with Crippen LogP contribution in [0.2, 0.25) is 0 Å². The summed E-state index contributed by atoms with van der Waals surface area (Å²) in [6.07, 6.45) is 1.81. The van der Waals surface area contributed by atoms with E-state index < -0.39 is 16.4 Å². The highest BCUT2D eigenvalue weighted by atomic mass is 32.2. The van der Waals surface area contributed by atoms with E-state index in [9.17, 15) is 13.8 Å². The standard InChI is InChI=1S/C17H24N2O4S/c1-17(2,3)23-16(21)19-9-8-12(11-19)15(20)18-13-6-5-7-14(10-13)24(4)22/h5-7,10,12H,8-9,11H2,1-4H3,(H,18,20). The van der Waals surface area contributed by atoms with Crippen molar-refractivity contribution in [1.82, 2.24) is 4.90 Å². The molecular formula is C17H24N2O4S. The Labute approximate surface area is 145 Å². The number of likely N-dealkylation sites (tertiary alicyclic amines) is 1. The molecule has 0 aromatic heterocycles. The van der Waals surface area contributed by atoms with Crippen molar-refractivity contribution in [1.29, 1.82) is 0 Å². The molecule has 24 heavy (non-hydrogen) atoms. The van der Waals surface area contributed by atoms with Crippen molar-refractivity contribution in [2.45, 2.75) is 37.7 Å². The molecule has 1 aliphatic heterocycles. The molecule has 1 heterocycles. The molecule has 1 fully saturated rings. The van der Waals surface area contributed by atoms with Crippen molar-refractivity contribution in [3.8, 4) is 0 Å². The Kier molecular flexibility index (Phi) is 5.64. The second-order valence-corrected chi connectivity index (χ2v) is 8.26. The van der Waals surface area contributed by atoms with Crippen molar-refractivity contribution in [3.63, 3.8) is 0 Å². The van der Waals surface area contributed by atoms with Gasteiger partial charge in [0.2, 0.25) is 5.91 Å². The van der Waals surface area contributed by atoms with Gasteiger partial charge in [-0.2, -0.15) is 0 Å². The van der Waals surface area contributed by atoms with E-state index in [4.69, 9.17) is 4.74 Å². The van der Waals surface area contributed by atoms with Crippen molar-refractivity contribution in [2.24, 2.45) is 5.92 Å². The fourth-order valence-corrected chi connectivity index (χ4v) is 3.03. The first-order chi connectivity index (χ1) is 11.2. The molecule has 132 valence electrons. The highest BCUT2D eigenvalue weighted by molar-refractivity contribution is 7.84. The Balaban J connectivity index is 1.94. The molecule has 0 bridgehead atoms. The van der Waals surface area contributed by atoms with E-state index in [1.807, 2.05) is 20.8 Å². The summed E-state index contributed by atoms with van der Waals surface area (Å²) in [4.78, 5) is 26.7. The van der Waals surface area contributed by atoms with Crippen LogP contribution in [0.1, 0.15) is 27.2 Å². The van der Waals surface area contributed by atoms with Crippen LogP contribution in [-0.4, -0.2) is 46.1 Å². The van der Waals surface area contributed by atoms with Gasteiger partial charge in [0.15, 0.2) is 0 Å². The molecule has 1 N–H and O–H groups in total. The zero-order valence-corrected chi connectivity index (χ0v) is 15.3. The summed E-state index contributed by atoms with van der Waals surface area (Å²) in [7, 11) is -1.10. The Hall–Kier alpha value is -1.89. The predicted molar refractivity (Wildman–Crippen MR) is 93.3 cm³/mol. The third-order valence-electron chi connectivity index (χ3n) is 3.64. The fraction of sp³-hybridized carbons (Fsp3) is 0.529. The monoisotopic (exact) mass is 352 g/mol. The maximum Gasteiger partial charge on any atom is 0.410 e. The summed E-state index contributed by atoms with van der Waals surface area (Å²) in [5.74, 6) is -0.409. The lowest BCUT2D eigenvalue weighted by atomic mass is 10.1. The predicted octanol–water partition coefficient (Wildman–Crippen LogP) is 2.62. The number of hydrogen-bond donors (Lipinski definition) is 1. The van der Waals surface area contributed by atoms with Crippen LogP contribution in [0.4, 0.5) is 10.5 Å². The lowest BCUT2D eigenvalue weighted by Gasteiger charge is -2.24. The Bertz CT molecular complexity index is 654. The van der Waals surface area contributed by atoms with E-state index in [1.165, 1.54) is 0 Å². The fourth-order valence-electron chi connectivity index (χ4n) is 2.46. The summed E-state index contributed by atoms with van der Waals surface area (Å²) in [6, 6.07) is 6.98. The summed E-state index contributed by atoms with van der Waals surface area (Å²) >= 11 is 0. The van der Waals surface area contributed by atoms with E-state index in [-0.39, 0.29) is 17.9 Å². The van der Waals surface area contributed by atoms with Gasteiger partial charge in [0.25, 0.3) is 0 Å². The number of amides is 2. The molecule has 2 amide bonds. The zero-order chi connectivity index (χ0) is 17.9.